The maximum absolute atomic E-state index is 14.5. The lowest BCUT2D eigenvalue weighted by Gasteiger charge is -2.15. The van der Waals surface area contributed by atoms with E-state index < -0.39 is 5.82 Å². The zero-order valence-corrected chi connectivity index (χ0v) is 13.7. The Morgan fingerprint density at radius 3 is 2.87 bits per heavy atom. The van der Waals surface area contributed by atoms with E-state index in [0.717, 1.165) is 24.2 Å². The predicted molar refractivity (Wildman–Crippen MR) is 86.8 cm³/mol. The highest BCUT2D eigenvalue weighted by Gasteiger charge is 2.16. The summed E-state index contributed by atoms with van der Waals surface area (Å²) in [6, 6.07) is 2.94. The Kier molecular flexibility index (Phi) is 4.55. The maximum atomic E-state index is 14.5. The molecule has 0 unspecified atom stereocenters. The van der Waals surface area contributed by atoms with E-state index in [1.54, 1.807) is 9.36 Å². The minimum Gasteiger partial charge on any atom is -0.476 e. The summed E-state index contributed by atoms with van der Waals surface area (Å²) in [5.41, 5.74) is 0.0594. The van der Waals surface area contributed by atoms with Gasteiger partial charge >= 0.3 is 4.87 Å². The molecule has 5 nitrogen and oxygen atoms in total. The molecule has 120 valence electrons. The van der Waals surface area contributed by atoms with E-state index in [0.29, 0.717) is 17.9 Å². The summed E-state index contributed by atoms with van der Waals surface area (Å²) in [5, 5.41) is 0.122. The van der Waals surface area contributed by atoms with Crippen LogP contribution >= 0.6 is 22.9 Å². The van der Waals surface area contributed by atoms with Gasteiger partial charge in [0.1, 0.15) is 12.3 Å². The SMILES string of the molecule is C#CCOc1c(Cl)ccc(/N=c2\sc(=O)n3n2CCCC3)c1F. The van der Waals surface area contributed by atoms with Crippen molar-refractivity contribution in [3.05, 3.63) is 37.4 Å². The van der Waals surface area contributed by atoms with Crippen molar-refractivity contribution in [3.8, 4) is 18.1 Å². The Morgan fingerprint density at radius 2 is 2.13 bits per heavy atom. The Hall–Kier alpha value is -2.04. The van der Waals surface area contributed by atoms with Crippen LogP contribution in [0, 0.1) is 18.2 Å². The van der Waals surface area contributed by atoms with Gasteiger partial charge in [0.05, 0.1) is 5.02 Å². The predicted octanol–water partition coefficient (Wildman–Crippen LogP) is 2.54. The molecule has 0 aliphatic carbocycles. The van der Waals surface area contributed by atoms with E-state index in [4.69, 9.17) is 22.8 Å². The van der Waals surface area contributed by atoms with Crippen LogP contribution in [0.1, 0.15) is 12.8 Å². The second kappa shape index (κ2) is 6.60. The maximum Gasteiger partial charge on any atom is 0.325 e. The van der Waals surface area contributed by atoms with Gasteiger partial charge in [0.2, 0.25) is 4.80 Å². The lowest BCUT2D eigenvalue weighted by molar-refractivity contribution is 0.344. The molecule has 0 saturated heterocycles. The van der Waals surface area contributed by atoms with E-state index >= 15 is 0 Å². The summed E-state index contributed by atoms with van der Waals surface area (Å²) >= 11 is 6.92. The minimum absolute atomic E-state index is 0.0594. The molecular weight excluding hydrogens is 341 g/mol. The third-order valence-electron chi connectivity index (χ3n) is 3.44. The molecule has 0 atom stereocenters. The molecular formula is C15H13ClFN3O2S. The first-order chi connectivity index (χ1) is 11.1. The molecule has 0 amide bonds. The summed E-state index contributed by atoms with van der Waals surface area (Å²) in [6.45, 7) is 1.25. The van der Waals surface area contributed by atoms with Crippen LogP contribution in [-0.2, 0) is 13.1 Å². The second-order valence-corrected chi connectivity index (χ2v) is 6.24. The number of terminal acetylenes is 1. The summed E-state index contributed by atoms with van der Waals surface area (Å²) in [6.07, 6.45) is 7.03. The van der Waals surface area contributed by atoms with Crippen molar-refractivity contribution in [3.63, 3.8) is 0 Å². The normalized spacial score (nSPS) is 14.4. The summed E-state index contributed by atoms with van der Waals surface area (Å²) in [5.74, 6) is 1.44. The molecule has 1 aromatic carbocycles. The highest BCUT2D eigenvalue weighted by Crippen LogP contribution is 2.33. The van der Waals surface area contributed by atoms with Gasteiger partial charge in [-0.15, -0.1) is 6.42 Å². The van der Waals surface area contributed by atoms with Crippen molar-refractivity contribution in [2.45, 2.75) is 25.9 Å². The molecule has 3 rings (SSSR count). The van der Waals surface area contributed by atoms with Gasteiger partial charge in [-0.1, -0.05) is 17.5 Å². The van der Waals surface area contributed by atoms with Crippen LogP contribution in [-0.4, -0.2) is 16.0 Å². The first-order valence-electron chi connectivity index (χ1n) is 7.01. The fourth-order valence-corrected chi connectivity index (χ4v) is 3.47. The minimum atomic E-state index is -0.691. The van der Waals surface area contributed by atoms with Gasteiger partial charge in [-0.3, -0.25) is 9.48 Å². The molecule has 23 heavy (non-hydrogen) atoms. The first-order valence-corrected chi connectivity index (χ1v) is 8.21. The highest BCUT2D eigenvalue weighted by molar-refractivity contribution is 7.06. The van der Waals surface area contributed by atoms with Crippen molar-refractivity contribution in [2.75, 3.05) is 6.61 Å². The number of ether oxygens (including phenoxy) is 1. The van der Waals surface area contributed by atoms with Gasteiger partial charge in [-0.25, -0.2) is 14.1 Å². The van der Waals surface area contributed by atoms with Crippen molar-refractivity contribution in [1.82, 2.24) is 9.36 Å². The van der Waals surface area contributed by atoms with Gasteiger partial charge in [0, 0.05) is 13.1 Å². The Labute approximate surface area is 140 Å². The average Bonchev–Trinajstić information content (AvgIpc) is 2.87. The average molecular weight is 354 g/mol. The van der Waals surface area contributed by atoms with Crippen LogP contribution in [0.2, 0.25) is 5.02 Å². The number of halogens is 2. The smallest absolute Gasteiger partial charge is 0.325 e. The molecule has 0 N–H and O–H groups in total. The summed E-state index contributed by atoms with van der Waals surface area (Å²) in [7, 11) is 0. The fraction of sp³-hybridized carbons (Fsp3) is 0.333. The largest absolute Gasteiger partial charge is 0.476 e. The van der Waals surface area contributed by atoms with Crippen LogP contribution in [0.3, 0.4) is 0 Å². The van der Waals surface area contributed by atoms with E-state index in [9.17, 15) is 9.18 Å². The molecule has 0 saturated carbocycles. The lowest BCUT2D eigenvalue weighted by atomic mass is 10.3. The van der Waals surface area contributed by atoms with E-state index in [1.807, 2.05) is 0 Å². The molecule has 0 spiro atoms. The zero-order chi connectivity index (χ0) is 16.4. The number of rotatable bonds is 3. The first kappa shape index (κ1) is 15.8. The van der Waals surface area contributed by atoms with Crippen molar-refractivity contribution in [1.29, 1.82) is 0 Å². The monoisotopic (exact) mass is 353 g/mol. The molecule has 2 heterocycles. The molecule has 2 aromatic rings. The molecule has 8 heteroatoms. The van der Waals surface area contributed by atoms with Crippen LogP contribution in [0.5, 0.6) is 5.75 Å². The van der Waals surface area contributed by atoms with Gasteiger partial charge in [0.25, 0.3) is 0 Å². The lowest BCUT2D eigenvalue weighted by Crippen LogP contribution is -2.31. The van der Waals surface area contributed by atoms with E-state index in [2.05, 4.69) is 10.9 Å². The topological polar surface area (TPSA) is 48.5 Å². The number of nitrogens with zero attached hydrogens (tertiary/aromatic N) is 3. The van der Waals surface area contributed by atoms with Crippen LogP contribution in [0.15, 0.2) is 21.9 Å². The highest BCUT2D eigenvalue weighted by atomic mass is 35.5. The summed E-state index contributed by atoms with van der Waals surface area (Å²) in [4.78, 5) is 16.6. The van der Waals surface area contributed by atoms with Crippen LogP contribution in [0.25, 0.3) is 0 Å². The quantitative estimate of drug-likeness (QED) is 0.796. The third kappa shape index (κ3) is 3.05. The van der Waals surface area contributed by atoms with Crippen molar-refractivity contribution in [2.24, 2.45) is 4.99 Å². The zero-order valence-electron chi connectivity index (χ0n) is 12.1. The number of aromatic nitrogens is 2. The Morgan fingerprint density at radius 1 is 1.39 bits per heavy atom. The van der Waals surface area contributed by atoms with Gasteiger partial charge in [-0.05, 0) is 36.3 Å². The second-order valence-electron chi connectivity index (χ2n) is 4.92. The van der Waals surface area contributed by atoms with Gasteiger partial charge < -0.3 is 4.74 Å². The van der Waals surface area contributed by atoms with E-state index in [-0.39, 0.29) is 27.9 Å². The molecule has 0 fully saturated rings. The van der Waals surface area contributed by atoms with Gasteiger partial charge in [-0.2, -0.15) is 0 Å². The molecule has 0 bridgehead atoms. The van der Waals surface area contributed by atoms with E-state index in [1.165, 1.54) is 12.1 Å². The standard InChI is InChI=1S/C15H13ClFN3O2S/c1-2-9-22-13-10(16)5-6-11(12(13)17)18-14-19-7-3-4-8-20(19)15(21)23-14/h1,5-6H,3-4,7-9H2/b18-14-. The third-order valence-corrected chi connectivity index (χ3v) is 4.60. The number of hydrogen-bond donors (Lipinski definition) is 0. The van der Waals surface area contributed by atoms with Crippen molar-refractivity contribution < 1.29 is 9.13 Å². The molecule has 1 aromatic heterocycles. The molecule has 1 aliphatic rings. The summed E-state index contributed by atoms with van der Waals surface area (Å²) < 4.78 is 23.1. The van der Waals surface area contributed by atoms with Crippen LogP contribution < -0.4 is 14.4 Å². The number of benzene rings is 1. The number of fused-ring (bicyclic) bond motifs is 1. The molecule has 0 radical (unpaired) electrons. The van der Waals surface area contributed by atoms with Gasteiger partial charge in [0.15, 0.2) is 11.6 Å². The fourth-order valence-electron chi connectivity index (χ4n) is 2.37. The Balaban J connectivity index is 2.10. The Bertz CT molecular complexity index is 907. The molecule has 1 aliphatic heterocycles. The number of hydrogen-bond acceptors (Lipinski definition) is 4. The van der Waals surface area contributed by atoms with Crippen LogP contribution in [0.4, 0.5) is 10.1 Å². The van der Waals surface area contributed by atoms with Crippen molar-refractivity contribution >= 4 is 28.6 Å².